The highest BCUT2D eigenvalue weighted by molar-refractivity contribution is 7.99. The van der Waals surface area contributed by atoms with E-state index in [0.29, 0.717) is 16.7 Å². The van der Waals surface area contributed by atoms with E-state index in [1.54, 1.807) is 11.6 Å². The van der Waals surface area contributed by atoms with Crippen LogP contribution < -0.4 is 0 Å². The van der Waals surface area contributed by atoms with Crippen molar-refractivity contribution in [2.45, 2.75) is 16.4 Å². The minimum atomic E-state index is -4.51. The molecule has 3 aromatic rings. The molecule has 0 spiro atoms. The zero-order valence-corrected chi connectivity index (χ0v) is 12.4. The van der Waals surface area contributed by atoms with Crippen LogP contribution in [-0.2, 0) is 13.2 Å². The van der Waals surface area contributed by atoms with Crippen LogP contribution in [-0.4, -0.2) is 34.9 Å². The Labute approximate surface area is 132 Å². The minimum Gasteiger partial charge on any atom is -0.303 e. The minimum absolute atomic E-state index is 0.277. The van der Waals surface area contributed by atoms with Gasteiger partial charge in [0.25, 0.3) is 0 Å². The second-order valence-corrected chi connectivity index (χ2v) is 5.30. The molecule has 118 valence electrons. The second-order valence-electron chi connectivity index (χ2n) is 4.31. The van der Waals surface area contributed by atoms with Gasteiger partial charge in [-0.15, -0.1) is 20.4 Å². The summed E-state index contributed by atoms with van der Waals surface area (Å²) in [6.07, 6.45) is 0.0853. The molecule has 3 aromatic heterocycles. The van der Waals surface area contributed by atoms with E-state index < -0.39 is 11.9 Å². The average molecular weight is 339 g/mol. The van der Waals surface area contributed by atoms with E-state index in [-0.39, 0.29) is 5.03 Å². The van der Waals surface area contributed by atoms with Crippen molar-refractivity contribution in [2.75, 3.05) is 0 Å². The second kappa shape index (κ2) is 5.91. The first-order valence-electron chi connectivity index (χ1n) is 6.19. The van der Waals surface area contributed by atoms with Crippen molar-refractivity contribution in [3.8, 4) is 11.5 Å². The van der Waals surface area contributed by atoms with Gasteiger partial charge in [-0.05, 0) is 23.9 Å². The predicted octanol–water partition coefficient (Wildman–Crippen LogP) is 2.23. The Morgan fingerprint density at radius 1 is 1.04 bits per heavy atom. The van der Waals surface area contributed by atoms with Crippen LogP contribution in [0.1, 0.15) is 5.69 Å². The molecule has 0 saturated heterocycles. The van der Waals surface area contributed by atoms with Gasteiger partial charge in [-0.1, -0.05) is 0 Å². The van der Waals surface area contributed by atoms with E-state index in [2.05, 4.69) is 30.4 Å². The van der Waals surface area contributed by atoms with Gasteiger partial charge < -0.3 is 4.57 Å². The largest absolute Gasteiger partial charge is 0.435 e. The van der Waals surface area contributed by atoms with Gasteiger partial charge in [0.15, 0.2) is 16.7 Å². The van der Waals surface area contributed by atoms with E-state index >= 15 is 0 Å². The maximum absolute atomic E-state index is 12.5. The molecule has 0 unspecified atom stereocenters. The predicted molar refractivity (Wildman–Crippen MR) is 73.2 cm³/mol. The summed E-state index contributed by atoms with van der Waals surface area (Å²) in [6, 6.07) is 2.10. The fourth-order valence-electron chi connectivity index (χ4n) is 1.66. The number of aromatic nitrogens is 7. The van der Waals surface area contributed by atoms with Gasteiger partial charge in [-0.3, -0.25) is 4.98 Å². The number of hydrogen-bond acceptors (Lipinski definition) is 7. The van der Waals surface area contributed by atoms with Gasteiger partial charge in [0.05, 0.1) is 6.20 Å². The molecule has 0 N–H and O–H groups in total. The van der Waals surface area contributed by atoms with Crippen molar-refractivity contribution in [3.05, 3.63) is 36.4 Å². The van der Waals surface area contributed by atoms with Gasteiger partial charge in [0.1, 0.15) is 10.7 Å². The first-order chi connectivity index (χ1) is 10.9. The van der Waals surface area contributed by atoms with Crippen LogP contribution in [0.15, 0.2) is 40.9 Å². The van der Waals surface area contributed by atoms with E-state index in [1.807, 2.05) is 0 Å². The molecule has 0 aromatic carbocycles. The maximum atomic E-state index is 12.5. The molecule has 0 atom stereocenters. The van der Waals surface area contributed by atoms with E-state index in [9.17, 15) is 13.2 Å². The third-order valence-electron chi connectivity index (χ3n) is 2.75. The highest BCUT2D eigenvalue weighted by Crippen LogP contribution is 2.30. The highest BCUT2D eigenvalue weighted by atomic mass is 32.2. The SMILES string of the molecule is Cn1c(Sc2ccc(C(F)(F)F)nn2)nnc1-c1cnccn1. The highest BCUT2D eigenvalue weighted by Gasteiger charge is 2.33. The number of rotatable bonds is 3. The Morgan fingerprint density at radius 2 is 1.87 bits per heavy atom. The Kier molecular flexibility index (Phi) is 3.94. The Balaban J connectivity index is 1.83. The summed E-state index contributed by atoms with van der Waals surface area (Å²) in [6.45, 7) is 0. The van der Waals surface area contributed by atoms with Gasteiger partial charge in [0, 0.05) is 19.4 Å². The lowest BCUT2D eigenvalue weighted by molar-refractivity contribution is -0.141. The summed E-state index contributed by atoms with van der Waals surface area (Å²) >= 11 is 1.05. The average Bonchev–Trinajstić information content (AvgIpc) is 2.89. The van der Waals surface area contributed by atoms with Gasteiger partial charge >= 0.3 is 6.18 Å². The first kappa shape index (κ1) is 15.3. The molecule has 0 bridgehead atoms. The molecule has 0 fully saturated rings. The molecule has 0 aliphatic carbocycles. The van der Waals surface area contributed by atoms with Crippen molar-refractivity contribution in [1.82, 2.24) is 34.9 Å². The van der Waals surface area contributed by atoms with E-state index in [1.165, 1.54) is 24.7 Å². The zero-order valence-electron chi connectivity index (χ0n) is 11.6. The summed E-state index contributed by atoms with van der Waals surface area (Å²) < 4.78 is 39.0. The van der Waals surface area contributed by atoms with E-state index in [4.69, 9.17) is 0 Å². The van der Waals surface area contributed by atoms with Crippen LogP contribution >= 0.6 is 11.8 Å². The smallest absolute Gasteiger partial charge is 0.303 e. The molecule has 0 aliphatic rings. The summed E-state index contributed by atoms with van der Waals surface area (Å²) in [5.41, 5.74) is -0.507. The monoisotopic (exact) mass is 339 g/mol. The Bertz CT molecular complexity index is 802. The number of hydrogen-bond donors (Lipinski definition) is 0. The van der Waals surface area contributed by atoms with Gasteiger partial charge in [0.2, 0.25) is 0 Å². The molecule has 0 aliphatic heterocycles. The fourth-order valence-corrected chi connectivity index (χ4v) is 2.37. The molecular weight excluding hydrogens is 331 g/mol. The molecule has 0 radical (unpaired) electrons. The molecule has 3 heterocycles. The van der Waals surface area contributed by atoms with Crippen LogP contribution in [0.2, 0.25) is 0 Å². The fraction of sp³-hybridized carbons (Fsp3) is 0.167. The lowest BCUT2D eigenvalue weighted by Gasteiger charge is -2.05. The number of nitrogens with zero attached hydrogens (tertiary/aromatic N) is 7. The molecule has 7 nitrogen and oxygen atoms in total. The van der Waals surface area contributed by atoms with E-state index in [0.717, 1.165) is 17.8 Å². The Hall–Kier alpha value is -2.56. The summed E-state index contributed by atoms with van der Waals surface area (Å²) in [5, 5.41) is 15.4. The van der Waals surface area contributed by atoms with Crippen LogP contribution in [0.25, 0.3) is 11.5 Å². The van der Waals surface area contributed by atoms with Crippen LogP contribution in [0.5, 0.6) is 0 Å². The summed E-state index contributed by atoms with van der Waals surface area (Å²) in [4.78, 5) is 8.07. The molecule has 0 saturated carbocycles. The lowest BCUT2D eigenvalue weighted by Crippen LogP contribution is -2.08. The molecule has 3 rings (SSSR count). The van der Waals surface area contributed by atoms with Crippen molar-refractivity contribution in [1.29, 1.82) is 0 Å². The third-order valence-corrected chi connectivity index (χ3v) is 3.72. The quantitative estimate of drug-likeness (QED) is 0.723. The maximum Gasteiger partial charge on any atom is 0.435 e. The standard InChI is InChI=1S/C12H8F3N7S/c1-22-10(7-6-16-4-5-17-7)20-21-11(22)23-9-3-2-8(18-19-9)12(13,14)15/h2-6H,1H3. The van der Waals surface area contributed by atoms with Gasteiger partial charge in [-0.25, -0.2) is 4.98 Å². The Morgan fingerprint density at radius 3 is 2.48 bits per heavy atom. The van der Waals surface area contributed by atoms with Crippen molar-refractivity contribution in [3.63, 3.8) is 0 Å². The van der Waals surface area contributed by atoms with Gasteiger partial charge in [-0.2, -0.15) is 13.2 Å². The van der Waals surface area contributed by atoms with Crippen LogP contribution in [0, 0.1) is 0 Å². The summed E-state index contributed by atoms with van der Waals surface area (Å²) in [5.74, 6) is 0.487. The lowest BCUT2D eigenvalue weighted by atomic mass is 10.4. The van der Waals surface area contributed by atoms with Crippen molar-refractivity contribution < 1.29 is 13.2 Å². The normalized spacial score (nSPS) is 11.7. The molecule has 11 heteroatoms. The third kappa shape index (κ3) is 3.28. The molecular formula is C12H8F3N7S. The van der Waals surface area contributed by atoms with Crippen molar-refractivity contribution in [2.24, 2.45) is 7.05 Å². The topological polar surface area (TPSA) is 82.3 Å². The van der Waals surface area contributed by atoms with Crippen LogP contribution in [0.4, 0.5) is 13.2 Å². The number of alkyl halides is 3. The number of halogens is 3. The zero-order chi connectivity index (χ0) is 16.4. The molecule has 23 heavy (non-hydrogen) atoms. The first-order valence-corrected chi connectivity index (χ1v) is 7.01. The van der Waals surface area contributed by atoms with Crippen LogP contribution in [0.3, 0.4) is 0 Å². The molecule has 0 amide bonds. The summed E-state index contributed by atoms with van der Waals surface area (Å²) in [7, 11) is 1.71. The van der Waals surface area contributed by atoms with Crippen molar-refractivity contribution >= 4 is 11.8 Å².